The van der Waals surface area contributed by atoms with Crippen LogP contribution in [0.15, 0.2) is 47.4 Å². The summed E-state index contributed by atoms with van der Waals surface area (Å²) in [5.74, 6) is -0.225. The number of carbonyl (C=O) groups is 1. The molecule has 1 amide bonds. The summed E-state index contributed by atoms with van der Waals surface area (Å²) >= 11 is 5.91. The summed E-state index contributed by atoms with van der Waals surface area (Å²) in [6, 6.07) is 12.0. The fraction of sp³-hybridized carbons (Fsp3) is 0.409. The van der Waals surface area contributed by atoms with Gasteiger partial charge in [0, 0.05) is 31.2 Å². The van der Waals surface area contributed by atoms with Crippen molar-refractivity contribution in [3.05, 3.63) is 53.1 Å². The summed E-state index contributed by atoms with van der Waals surface area (Å²) in [7, 11) is -3.67. The fourth-order valence-electron chi connectivity index (χ4n) is 3.53. The smallest absolute Gasteiger partial charge is 0.243 e. The highest BCUT2D eigenvalue weighted by Crippen LogP contribution is 2.30. The van der Waals surface area contributed by atoms with Crippen LogP contribution in [0.1, 0.15) is 19.4 Å². The van der Waals surface area contributed by atoms with Crippen LogP contribution in [0.5, 0.6) is 0 Å². The highest BCUT2D eigenvalue weighted by molar-refractivity contribution is 7.89. The molecule has 0 saturated carbocycles. The van der Waals surface area contributed by atoms with E-state index in [2.05, 4.69) is 10.2 Å². The second kappa shape index (κ2) is 10.5. The van der Waals surface area contributed by atoms with Crippen molar-refractivity contribution in [2.75, 3.05) is 49.6 Å². The Hall–Kier alpha value is -2.13. The van der Waals surface area contributed by atoms with Crippen LogP contribution in [0.25, 0.3) is 0 Å². The number of morpholine rings is 1. The Labute approximate surface area is 189 Å². The van der Waals surface area contributed by atoms with E-state index >= 15 is 0 Å². The van der Waals surface area contributed by atoms with Crippen molar-refractivity contribution in [1.82, 2.24) is 4.31 Å². The third kappa shape index (κ3) is 5.77. The molecular formula is C22H28ClN3O4S. The molecule has 0 unspecified atom stereocenters. The number of halogens is 1. The molecule has 1 heterocycles. The molecule has 0 spiro atoms. The van der Waals surface area contributed by atoms with Gasteiger partial charge in [-0.1, -0.05) is 23.7 Å². The highest BCUT2D eigenvalue weighted by atomic mass is 35.5. The minimum Gasteiger partial charge on any atom is -0.379 e. The first-order valence-electron chi connectivity index (χ1n) is 10.4. The Kier molecular flexibility index (Phi) is 7.94. The second-order valence-electron chi connectivity index (χ2n) is 7.22. The molecule has 2 aromatic rings. The number of hydrogen-bond acceptors (Lipinski definition) is 5. The van der Waals surface area contributed by atoms with E-state index in [0.29, 0.717) is 37.0 Å². The molecule has 0 aliphatic carbocycles. The van der Waals surface area contributed by atoms with E-state index in [9.17, 15) is 13.2 Å². The minimum absolute atomic E-state index is 0.159. The standard InChI is InChI=1S/C22H28ClN3O4S/c1-3-25(4-2)21-10-9-19(31(28,29)26-11-13-30-14-12-26)16-20(21)24-22(27)15-17-5-7-18(23)8-6-17/h5-10,16H,3-4,11-15H2,1-2H3,(H,24,27). The third-order valence-electron chi connectivity index (χ3n) is 5.23. The molecule has 0 bridgehead atoms. The van der Waals surface area contributed by atoms with Gasteiger partial charge in [-0.2, -0.15) is 4.31 Å². The number of sulfonamides is 1. The van der Waals surface area contributed by atoms with Gasteiger partial charge in [-0.15, -0.1) is 0 Å². The quantitative estimate of drug-likeness (QED) is 0.646. The Morgan fingerprint density at radius 3 is 2.35 bits per heavy atom. The van der Waals surface area contributed by atoms with Gasteiger partial charge in [-0.3, -0.25) is 4.79 Å². The number of anilines is 2. The van der Waals surface area contributed by atoms with Crippen molar-refractivity contribution in [2.45, 2.75) is 25.2 Å². The minimum atomic E-state index is -3.67. The van der Waals surface area contributed by atoms with Crippen LogP contribution in [-0.2, 0) is 26.0 Å². The molecule has 1 fully saturated rings. The Balaban J connectivity index is 1.90. The molecule has 1 saturated heterocycles. The number of rotatable bonds is 8. The van der Waals surface area contributed by atoms with Gasteiger partial charge in [0.05, 0.1) is 35.9 Å². The van der Waals surface area contributed by atoms with Crippen LogP contribution in [0.4, 0.5) is 11.4 Å². The van der Waals surface area contributed by atoms with Gasteiger partial charge in [0.25, 0.3) is 0 Å². The van der Waals surface area contributed by atoms with Crippen molar-refractivity contribution in [3.63, 3.8) is 0 Å². The first-order valence-corrected chi connectivity index (χ1v) is 12.2. The first-order chi connectivity index (χ1) is 14.8. The van der Waals surface area contributed by atoms with Crippen LogP contribution in [0.2, 0.25) is 5.02 Å². The summed E-state index contributed by atoms with van der Waals surface area (Å²) in [6.45, 7) is 6.88. The summed E-state index contributed by atoms with van der Waals surface area (Å²) in [5.41, 5.74) is 2.09. The van der Waals surface area contributed by atoms with Crippen LogP contribution in [0, 0.1) is 0 Å². The van der Waals surface area contributed by atoms with Gasteiger partial charge in [-0.25, -0.2) is 8.42 Å². The van der Waals surface area contributed by atoms with Crippen molar-refractivity contribution < 1.29 is 17.9 Å². The summed E-state index contributed by atoms with van der Waals surface area (Å²) in [6.07, 6.45) is 0.162. The number of amides is 1. The van der Waals surface area contributed by atoms with Gasteiger partial charge in [-0.05, 0) is 49.7 Å². The van der Waals surface area contributed by atoms with E-state index < -0.39 is 10.0 Å². The van der Waals surface area contributed by atoms with E-state index in [4.69, 9.17) is 16.3 Å². The first kappa shape index (κ1) is 23.5. The highest BCUT2D eigenvalue weighted by Gasteiger charge is 2.27. The van der Waals surface area contributed by atoms with E-state index in [1.807, 2.05) is 13.8 Å². The second-order valence-corrected chi connectivity index (χ2v) is 9.59. The number of hydrogen-bond donors (Lipinski definition) is 1. The van der Waals surface area contributed by atoms with Crippen molar-refractivity contribution in [2.24, 2.45) is 0 Å². The van der Waals surface area contributed by atoms with Crippen molar-refractivity contribution >= 4 is 38.9 Å². The normalized spacial score (nSPS) is 14.9. The lowest BCUT2D eigenvalue weighted by Crippen LogP contribution is -2.40. The number of nitrogens with zero attached hydrogens (tertiary/aromatic N) is 2. The average Bonchev–Trinajstić information content (AvgIpc) is 2.77. The number of nitrogens with one attached hydrogen (secondary N) is 1. The number of benzene rings is 2. The molecule has 1 aliphatic rings. The third-order valence-corrected chi connectivity index (χ3v) is 7.38. The maximum atomic E-state index is 13.1. The predicted octanol–water partition coefficient (Wildman–Crippen LogP) is 3.39. The Bertz CT molecular complexity index is 1000. The zero-order chi connectivity index (χ0) is 22.4. The van der Waals surface area contributed by atoms with Crippen LogP contribution in [0.3, 0.4) is 0 Å². The molecule has 3 rings (SSSR count). The van der Waals surface area contributed by atoms with E-state index in [0.717, 1.165) is 24.3 Å². The van der Waals surface area contributed by atoms with Crippen LogP contribution < -0.4 is 10.2 Å². The molecule has 7 nitrogen and oxygen atoms in total. The SMILES string of the molecule is CCN(CC)c1ccc(S(=O)(=O)N2CCOCC2)cc1NC(=O)Cc1ccc(Cl)cc1. The topological polar surface area (TPSA) is 79.0 Å². The van der Waals surface area contributed by atoms with Crippen LogP contribution in [-0.4, -0.2) is 58.0 Å². The lowest BCUT2D eigenvalue weighted by Gasteiger charge is -2.28. The molecule has 2 aromatic carbocycles. The van der Waals surface area contributed by atoms with Crippen LogP contribution >= 0.6 is 11.6 Å². The Morgan fingerprint density at radius 1 is 1.10 bits per heavy atom. The molecule has 1 aliphatic heterocycles. The van der Waals surface area contributed by atoms with Gasteiger partial charge in [0.1, 0.15) is 0 Å². The van der Waals surface area contributed by atoms with Gasteiger partial charge in [0.2, 0.25) is 15.9 Å². The zero-order valence-corrected chi connectivity index (χ0v) is 19.4. The summed E-state index contributed by atoms with van der Waals surface area (Å²) in [4.78, 5) is 15.0. The van der Waals surface area contributed by atoms with Gasteiger partial charge >= 0.3 is 0 Å². The Morgan fingerprint density at radius 2 is 1.74 bits per heavy atom. The number of carbonyl (C=O) groups excluding carboxylic acids is 1. The van der Waals surface area contributed by atoms with Gasteiger partial charge < -0.3 is 15.0 Å². The molecule has 9 heteroatoms. The molecule has 31 heavy (non-hydrogen) atoms. The predicted molar refractivity (Wildman–Crippen MR) is 123 cm³/mol. The molecule has 1 N–H and O–H groups in total. The van der Waals surface area contributed by atoms with Crippen molar-refractivity contribution in [1.29, 1.82) is 0 Å². The fourth-order valence-corrected chi connectivity index (χ4v) is 5.09. The zero-order valence-electron chi connectivity index (χ0n) is 17.8. The molecule has 0 radical (unpaired) electrons. The van der Waals surface area contributed by atoms with E-state index in [-0.39, 0.29) is 17.2 Å². The van der Waals surface area contributed by atoms with E-state index in [1.54, 1.807) is 42.5 Å². The molecular weight excluding hydrogens is 438 g/mol. The lowest BCUT2D eigenvalue weighted by atomic mass is 10.1. The number of ether oxygens (including phenoxy) is 1. The molecule has 0 atom stereocenters. The average molecular weight is 466 g/mol. The summed E-state index contributed by atoms with van der Waals surface area (Å²) in [5, 5.41) is 3.52. The van der Waals surface area contributed by atoms with E-state index in [1.165, 1.54) is 4.31 Å². The van der Waals surface area contributed by atoms with Crippen molar-refractivity contribution in [3.8, 4) is 0 Å². The monoisotopic (exact) mass is 465 g/mol. The molecule has 168 valence electrons. The largest absolute Gasteiger partial charge is 0.379 e. The summed E-state index contributed by atoms with van der Waals surface area (Å²) < 4.78 is 32.9. The maximum Gasteiger partial charge on any atom is 0.243 e. The molecule has 0 aromatic heterocycles. The van der Waals surface area contributed by atoms with Gasteiger partial charge in [0.15, 0.2) is 0 Å². The lowest BCUT2D eigenvalue weighted by molar-refractivity contribution is -0.115. The maximum absolute atomic E-state index is 13.1.